The fourth-order valence-electron chi connectivity index (χ4n) is 3.91. The van der Waals surface area contributed by atoms with Crippen LogP contribution in [0.5, 0.6) is 0 Å². The minimum atomic E-state index is -0.143. The summed E-state index contributed by atoms with van der Waals surface area (Å²) in [7, 11) is 0. The molecule has 8 nitrogen and oxygen atoms in total. The Hall–Kier alpha value is -2.26. The van der Waals surface area contributed by atoms with Gasteiger partial charge < -0.3 is 9.80 Å². The monoisotopic (exact) mass is 491 g/mol. The highest BCUT2D eigenvalue weighted by atomic mass is 79.9. The van der Waals surface area contributed by atoms with Gasteiger partial charge >= 0.3 is 0 Å². The quantitative estimate of drug-likeness (QED) is 0.591. The molecule has 0 N–H and O–H groups in total. The Morgan fingerprint density at radius 1 is 1.13 bits per heavy atom. The minimum Gasteiger partial charge on any atom is -0.342 e. The number of aryl methyl sites for hydroxylation is 1. The summed E-state index contributed by atoms with van der Waals surface area (Å²) in [5.74, 6) is 0.165. The lowest BCUT2D eigenvalue weighted by atomic mass is 10.2. The van der Waals surface area contributed by atoms with Gasteiger partial charge in [-0.2, -0.15) is 0 Å². The van der Waals surface area contributed by atoms with Crippen molar-refractivity contribution in [1.82, 2.24) is 24.3 Å². The molecule has 1 fully saturated rings. The second-order valence-corrected chi connectivity index (χ2v) is 8.65. The number of halogens is 1. The van der Waals surface area contributed by atoms with E-state index in [9.17, 15) is 14.4 Å². The third-order valence-electron chi connectivity index (χ3n) is 5.77. The molecule has 1 aliphatic rings. The van der Waals surface area contributed by atoms with E-state index in [1.54, 1.807) is 12.1 Å². The maximum Gasteiger partial charge on any atom is 0.261 e. The summed E-state index contributed by atoms with van der Waals surface area (Å²) in [4.78, 5) is 48.0. The number of hydrogen-bond acceptors (Lipinski definition) is 5. The molecule has 0 bridgehead atoms. The number of hydrogen-bond donors (Lipinski definition) is 0. The molecule has 0 spiro atoms. The molecule has 1 saturated heterocycles. The van der Waals surface area contributed by atoms with Crippen molar-refractivity contribution < 1.29 is 9.59 Å². The van der Waals surface area contributed by atoms with Crippen LogP contribution in [-0.4, -0.2) is 81.9 Å². The summed E-state index contributed by atoms with van der Waals surface area (Å²) >= 11 is 3.38. The van der Waals surface area contributed by atoms with Crippen molar-refractivity contribution in [3.8, 4) is 0 Å². The normalized spacial score (nSPS) is 15.1. The third-order valence-corrected chi connectivity index (χ3v) is 6.26. The zero-order chi connectivity index (χ0) is 22.4. The molecule has 0 unspecified atom stereocenters. The molecule has 0 atom stereocenters. The molecule has 3 rings (SSSR count). The Bertz CT molecular complexity index is 989. The van der Waals surface area contributed by atoms with E-state index in [2.05, 4.69) is 25.8 Å². The molecule has 1 aromatic heterocycles. The number of likely N-dealkylation sites (N-methyl/N-ethyl adjacent to an activating group) is 1. The van der Waals surface area contributed by atoms with Crippen LogP contribution in [0, 0.1) is 0 Å². The van der Waals surface area contributed by atoms with Gasteiger partial charge in [0.1, 0.15) is 0 Å². The molecule has 2 amide bonds. The van der Waals surface area contributed by atoms with E-state index in [0.29, 0.717) is 56.7 Å². The van der Waals surface area contributed by atoms with Crippen LogP contribution >= 0.6 is 15.9 Å². The number of nitrogens with zero attached hydrogens (tertiary/aromatic N) is 5. The zero-order valence-corrected chi connectivity index (χ0v) is 19.8. The summed E-state index contributed by atoms with van der Waals surface area (Å²) in [6.45, 7) is 8.87. The Morgan fingerprint density at radius 3 is 2.65 bits per heavy atom. The van der Waals surface area contributed by atoms with Crippen LogP contribution in [0.15, 0.2) is 33.8 Å². The van der Waals surface area contributed by atoms with Crippen LogP contribution in [0.25, 0.3) is 10.9 Å². The Labute approximate surface area is 190 Å². The van der Waals surface area contributed by atoms with Crippen LogP contribution < -0.4 is 5.56 Å². The molecule has 2 aromatic rings. The topological polar surface area (TPSA) is 78.8 Å². The molecule has 0 radical (unpaired) electrons. The molecule has 0 aliphatic carbocycles. The highest BCUT2D eigenvalue weighted by Gasteiger charge is 2.21. The van der Waals surface area contributed by atoms with Gasteiger partial charge in [-0.15, -0.1) is 0 Å². The Morgan fingerprint density at radius 2 is 1.90 bits per heavy atom. The second-order valence-electron chi connectivity index (χ2n) is 7.73. The minimum absolute atomic E-state index is 0.0261. The van der Waals surface area contributed by atoms with Crippen molar-refractivity contribution in [3.05, 3.63) is 39.4 Å². The van der Waals surface area contributed by atoms with E-state index in [1.165, 1.54) is 10.9 Å². The van der Waals surface area contributed by atoms with Crippen molar-refractivity contribution in [2.24, 2.45) is 0 Å². The van der Waals surface area contributed by atoms with Gasteiger partial charge in [-0.1, -0.05) is 15.9 Å². The third kappa shape index (κ3) is 5.92. The summed E-state index contributed by atoms with van der Waals surface area (Å²) in [6.07, 6.45) is 2.59. The first-order valence-corrected chi connectivity index (χ1v) is 11.6. The predicted octanol–water partition coefficient (Wildman–Crippen LogP) is 1.95. The summed E-state index contributed by atoms with van der Waals surface area (Å²) in [5.41, 5.74) is 0.499. The van der Waals surface area contributed by atoms with Gasteiger partial charge in [-0.3, -0.25) is 23.9 Å². The lowest BCUT2D eigenvalue weighted by Gasteiger charge is -2.25. The second kappa shape index (κ2) is 10.9. The smallest absolute Gasteiger partial charge is 0.261 e. The number of carbonyl (C=O) groups excluding carboxylic acids is 2. The van der Waals surface area contributed by atoms with Gasteiger partial charge in [-0.25, -0.2) is 4.98 Å². The summed E-state index contributed by atoms with van der Waals surface area (Å²) in [5, 5.41) is 0.535. The van der Waals surface area contributed by atoms with Gasteiger partial charge in [0.25, 0.3) is 5.56 Å². The zero-order valence-electron chi connectivity index (χ0n) is 18.2. The van der Waals surface area contributed by atoms with Gasteiger partial charge in [-0.05, 0) is 38.5 Å². The molecular formula is C22H30BrN5O3. The SMILES string of the molecule is CCN(CC)C(=O)CN1CCCN(C(=O)CCn2cnc3ccc(Br)cc3c2=O)CC1. The van der Waals surface area contributed by atoms with E-state index >= 15 is 0 Å². The lowest BCUT2D eigenvalue weighted by molar-refractivity contribution is -0.132. The largest absolute Gasteiger partial charge is 0.342 e. The van der Waals surface area contributed by atoms with E-state index in [-0.39, 0.29) is 23.8 Å². The van der Waals surface area contributed by atoms with Crippen LogP contribution in [0.3, 0.4) is 0 Å². The first-order chi connectivity index (χ1) is 14.9. The maximum atomic E-state index is 12.8. The molecular weight excluding hydrogens is 462 g/mol. The van der Waals surface area contributed by atoms with E-state index in [0.717, 1.165) is 17.4 Å². The molecule has 31 heavy (non-hydrogen) atoms. The first-order valence-electron chi connectivity index (χ1n) is 10.9. The van der Waals surface area contributed by atoms with Crippen molar-refractivity contribution in [2.75, 3.05) is 45.8 Å². The fraction of sp³-hybridized carbons (Fsp3) is 0.545. The molecule has 1 aromatic carbocycles. The predicted molar refractivity (Wildman–Crippen MR) is 124 cm³/mol. The molecule has 0 saturated carbocycles. The number of benzene rings is 1. The first kappa shape index (κ1) is 23.4. The highest BCUT2D eigenvalue weighted by Crippen LogP contribution is 2.15. The number of fused-ring (bicyclic) bond motifs is 1. The number of amides is 2. The average molecular weight is 492 g/mol. The Kier molecular flexibility index (Phi) is 8.20. The van der Waals surface area contributed by atoms with Crippen molar-refractivity contribution >= 4 is 38.6 Å². The van der Waals surface area contributed by atoms with Crippen LogP contribution in [0.2, 0.25) is 0 Å². The van der Waals surface area contributed by atoms with E-state index in [4.69, 9.17) is 0 Å². The van der Waals surface area contributed by atoms with Gasteiger partial charge in [0.15, 0.2) is 0 Å². The van der Waals surface area contributed by atoms with Gasteiger partial charge in [0.05, 0.1) is 23.8 Å². The Balaban J connectivity index is 1.56. The van der Waals surface area contributed by atoms with Crippen molar-refractivity contribution in [1.29, 1.82) is 0 Å². The molecule has 2 heterocycles. The van der Waals surface area contributed by atoms with Crippen LogP contribution in [0.1, 0.15) is 26.7 Å². The van der Waals surface area contributed by atoms with Crippen molar-refractivity contribution in [3.63, 3.8) is 0 Å². The van der Waals surface area contributed by atoms with E-state index in [1.807, 2.05) is 29.7 Å². The number of aromatic nitrogens is 2. The van der Waals surface area contributed by atoms with Gasteiger partial charge in [0, 0.05) is 56.7 Å². The fourth-order valence-corrected chi connectivity index (χ4v) is 4.27. The van der Waals surface area contributed by atoms with E-state index < -0.39 is 0 Å². The number of carbonyl (C=O) groups is 2. The van der Waals surface area contributed by atoms with Crippen LogP contribution in [-0.2, 0) is 16.1 Å². The standard InChI is InChI=1S/C22H30BrN5O3/c1-3-26(4-2)21(30)15-25-9-5-10-27(13-12-25)20(29)8-11-28-16-24-19-7-6-17(23)14-18(19)22(28)31/h6-7,14,16H,3-5,8-13,15H2,1-2H3. The summed E-state index contributed by atoms with van der Waals surface area (Å²) < 4.78 is 2.32. The molecule has 168 valence electrons. The number of rotatable bonds is 7. The summed E-state index contributed by atoms with van der Waals surface area (Å²) in [6, 6.07) is 5.40. The lowest BCUT2D eigenvalue weighted by Crippen LogP contribution is -2.42. The molecule has 9 heteroatoms. The highest BCUT2D eigenvalue weighted by molar-refractivity contribution is 9.10. The van der Waals surface area contributed by atoms with Gasteiger partial charge in [0.2, 0.25) is 11.8 Å². The van der Waals surface area contributed by atoms with Crippen molar-refractivity contribution in [2.45, 2.75) is 33.2 Å². The maximum absolute atomic E-state index is 12.8. The molecule has 1 aliphatic heterocycles. The average Bonchev–Trinajstić information content (AvgIpc) is 3.00. The van der Waals surface area contributed by atoms with Crippen LogP contribution in [0.4, 0.5) is 0 Å².